The summed E-state index contributed by atoms with van der Waals surface area (Å²) >= 11 is 4.99. The number of hydrogen-bond donors (Lipinski definition) is 2. The van der Waals surface area contributed by atoms with Crippen molar-refractivity contribution in [3.63, 3.8) is 0 Å². The van der Waals surface area contributed by atoms with Crippen LogP contribution >= 0.6 is 27.3 Å². The average molecular weight is 236 g/mol. The first kappa shape index (κ1) is 9.19. The maximum atomic E-state index is 8.78. The maximum absolute atomic E-state index is 8.78. The van der Waals surface area contributed by atoms with Crippen LogP contribution in [0.4, 0.5) is 0 Å². The molecule has 4 heteroatoms. The molecule has 0 spiro atoms. The van der Waals surface area contributed by atoms with E-state index in [1.54, 1.807) is 11.3 Å². The zero-order chi connectivity index (χ0) is 8.43. The monoisotopic (exact) mass is 235 g/mol. The molecule has 0 saturated heterocycles. The van der Waals surface area contributed by atoms with Crippen LogP contribution in [-0.2, 0) is 0 Å². The lowest BCUT2D eigenvalue weighted by molar-refractivity contribution is 0.269. The summed E-state index contributed by atoms with van der Waals surface area (Å²) in [5, 5.41) is 10.8. The molecule has 0 aromatic carbocycles. The first-order chi connectivity index (χ1) is 5.16. The van der Waals surface area contributed by atoms with Gasteiger partial charge in [-0.05, 0) is 33.8 Å². The van der Waals surface area contributed by atoms with E-state index in [4.69, 9.17) is 10.8 Å². The first-order valence-electron chi connectivity index (χ1n) is 3.26. The highest BCUT2D eigenvalue weighted by atomic mass is 79.9. The van der Waals surface area contributed by atoms with Crippen molar-refractivity contribution in [1.82, 2.24) is 0 Å². The predicted octanol–water partition coefficient (Wildman–Crippen LogP) is 1.81. The Hall–Kier alpha value is 0.100. The standard InChI is InChI=1S/C7H10BrNOS/c1-4-3-11-7(6(4)8)5(9)2-10/h3,5,10H,2,9H2,1H3/t5-/m0/s1. The molecule has 0 fully saturated rings. The molecular weight excluding hydrogens is 226 g/mol. The highest BCUT2D eigenvalue weighted by molar-refractivity contribution is 9.10. The van der Waals surface area contributed by atoms with Crippen molar-refractivity contribution in [2.45, 2.75) is 13.0 Å². The van der Waals surface area contributed by atoms with E-state index < -0.39 is 0 Å². The SMILES string of the molecule is Cc1csc([C@@H](N)CO)c1Br. The van der Waals surface area contributed by atoms with Crippen LogP contribution in [0.15, 0.2) is 9.85 Å². The third-order valence-corrected chi connectivity index (χ3v) is 4.01. The normalized spacial score (nSPS) is 13.5. The summed E-state index contributed by atoms with van der Waals surface area (Å²) in [7, 11) is 0. The molecule has 1 aromatic rings. The summed E-state index contributed by atoms with van der Waals surface area (Å²) in [6.45, 7) is 2.01. The van der Waals surface area contributed by atoms with Gasteiger partial charge in [-0.25, -0.2) is 0 Å². The van der Waals surface area contributed by atoms with Crippen molar-refractivity contribution in [1.29, 1.82) is 0 Å². The molecule has 0 bridgehead atoms. The third kappa shape index (κ3) is 1.82. The van der Waals surface area contributed by atoms with Gasteiger partial charge in [0, 0.05) is 9.35 Å². The number of nitrogens with two attached hydrogens (primary N) is 1. The van der Waals surface area contributed by atoms with Crippen molar-refractivity contribution < 1.29 is 5.11 Å². The molecule has 1 rings (SSSR count). The Balaban J connectivity index is 2.94. The van der Waals surface area contributed by atoms with Crippen molar-refractivity contribution in [3.8, 4) is 0 Å². The second-order valence-corrected chi connectivity index (χ2v) is 4.09. The average Bonchev–Trinajstić information content (AvgIpc) is 2.32. The van der Waals surface area contributed by atoms with Gasteiger partial charge in [0.05, 0.1) is 12.6 Å². The van der Waals surface area contributed by atoms with Crippen molar-refractivity contribution in [2.75, 3.05) is 6.61 Å². The van der Waals surface area contributed by atoms with Crippen LogP contribution in [0.1, 0.15) is 16.5 Å². The van der Waals surface area contributed by atoms with E-state index in [-0.39, 0.29) is 12.6 Å². The maximum Gasteiger partial charge on any atom is 0.0636 e. The van der Waals surface area contributed by atoms with Crippen LogP contribution in [0, 0.1) is 6.92 Å². The van der Waals surface area contributed by atoms with E-state index in [9.17, 15) is 0 Å². The second kappa shape index (κ2) is 3.67. The summed E-state index contributed by atoms with van der Waals surface area (Å²) in [5.74, 6) is 0. The number of aliphatic hydroxyl groups is 1. The number of thiophene rings is 1. The number of aryl methyl sites for hydroxylation is 1. The van der Waals surface area contributed by atoms with E-state index in [1.165, 1.54) is 5.56 Å². The topological polar surface area (TPSA) is 46.2 Å². The smallest absolute Gasteiger partial charge is 0.0636 e. The lowest BCUT2D eigenvalue weighted by atomic mass is 10.2. The van der Waals surface area contributed by atoms with Gasteiger partial charge < -0.3 is 10.8 Å². The van der Waals surface area contributed by atoms with Crippen LogP contribution in [0.25, 0.3) is 0 Å². The molecule has 0 aliphatic heterocycles. The van der Waals surface area contributed by atoms with Gasteiger partial charge in [-0.3, -0.25) is 0 Å². The summed E-state index contributed by atoms with van der Waals surface area (Å²) in [4.78, 5) is 1.02. The largest absolute Gasteiger partial charge is 0.394 e. The molecule has 11 heavy (non-hydrogen) atoms. The van der Waals surface area contributed by atoms with Crippen LogP contribution in [0.2, 0.25) is 0 Å². The van der Waals surface area contributed by atoms with Gasteiger partial charge in [0.25, 0.3) is 0 Å². The Morgan fingerprint density at radius 2 is 2.45 bits per heavy atom. The number of hydrogen-bond acceptors (Lipinski definition) is 3. The Bertz CT molecular complexity index is 249. The Labute approximate surface area is 78.2 Å². The summed E-state index contributed by atoms with van der Waals surface area (Å²) in [6, 6.07) is -0.247. The molecular formula is C7H10BrNOS. The third-order valence-electron chi connectivity index (χ3n) is 1.46. The summed E-state index contributed by atoms with van der Waals surface area (Å²) < 4.78 is 1.03. The second-order valence-electron chi connectivity index (χ2n) is 2.39. The molecule has 1 heterocycles. The van der Waals surface area contributed by atoms with Crippen LogP contribution in [0.3, 0.4) is 0 Å². The minimum Gasteiger partial charge on any atom is -0.394 e. The summed E-state index contributed by atoms with van der Waals surface area (Å²) in [5.41, 5.74) is 6.81. The van der Waals surface area contributed by atoms with E-state index >= 15 is 0 Å². The van der Waals surface area contributed by atoms with E-state index in [2.05, 4.69) is 15.9 Å². The lowest BCUT2D eigenvalue weighted by Crippen LogP contribution is -2.13. The zero-order valence-corrected chi connectivity index (χ0v) is 8.58. The van der Waals surface area contributed by atoms with Crippen molar-refractivity contribution >= 4 is 27.3 Å². The molecule has 2 nitrogen and oxygen atoms in total. The van der Waals surface area contributed by atoms with Gasteiger partial charge in [0.15, 0.2) is 0 Å². The highest BCUT2D eigenvalue weighted by Gasteiger charge is 2.11. The summed E-state index contributed by atoms with van der Waals surface area (Å²) in [6.07, 6.45) is 0. The number of rotatable bonds is 2. The molecule has 62 valence electrons. The van der Waals surface area contributed by atoms with Crippen LogP contribution in [0.5, 0.6) is 0 Å². The molecule has 1 aromatic heterocycles. The molecule has 1 atom stereocenters. The predicted molar refractivity (Wildman–Crippen MR) is 50.8 cm³/mol. The van der Waals surface area contributed by atoms with Gasteiger partial charge in [-0.2, -0.15) is 0 Å². The van der Waals surface area contributed by atoms with Crippen molar-refractivity contribution in [2.24, 2.45) is 5.73 Å². The minimum atomic E-state index is -0.247. The van der Waals surface area contributed by atoms with Gasteiger partial charge in [-0.1, -0.05) is 0 Å². The molecule has 0 amide bonds. The first-order valence-corrected chi connectivity index (χ1v) is 4.94. The van der Waals surface area contributed by atoms with E-state index in [0.717, 1.165) is 9.35 Å². The fraction of sp³-hybridized carbons (Fsp3) is 0.429. The Morgan fingerprint density at radius 1 is 1.82 bits per heavy atom. The van der Waals surface area contributed by atoms with Gasteiger partial charge >= 0.3 is 0 Å². The molecule has 0 saturated carbocycles. The Morgan fingerprint density at radius 3 is 2.82 bits per heavy atom. The number of halogens is 1. The van der Waals surface area contributed by atoms with E-state index in [0.29, 0.717) is 0 Å². The van der Waals surface area contributed by atoms with Crippen LogP contribution in [-0.4, -0.2) is 11.7 Å². The van der Waals surface area contributed by atoms with E-state index in [1.807, 2.05) is 12.3 Å². The highest BCUT2D eigenvalue weighted by Crippen LogP contribution is 2.31. The minimum absolute atomic E-state index is 0.00144. The Kier molecular flexibility index (Phi) is 3.06. The lowest BCUT2D eigenvalue weighted by Gasteiger charge is -2.05. The molecule has 0 aliphatic rings. The number of aliphatic hydroxyl groups excluding tert-OH is 1. The van der Waals surface area contributed by atoms with Gasteiger partial charge in [0.2, 0.25) is 0 Å². The fourth-order valence-corrected chi connectivity index (χ4v) is 2.56. The van der Waals surface area contributed by atoms with Crippen LogP contribution < -0.4 is 5.73 Å². The molecule has 3 N–H and O–H groups in total. The zero-order valence-electron chi connectivity index (χ0n) is 6.17. The van der Waals surface area contributed by atoms with Gasteiger partial charge in [-0.15, -0.1) is 11.3 Å². The van der Waals surface area contributed by atoms with Gasteiger partial charge in [0.1, 0.15) is 0 Å². The molecule has 0 radical (unpaired) electrons. The molecule has 0 unspecified atom stereocenters. The quantitative estimate of drug-likeness (QED) is 0.822. The fourth-order valence-electron chi connectivity index (χ4n) is 0.783. The molecule has 0 aliphatic carbocycles. The van der Waals surface area contributed by atoms with Crippen molar-refractivity contribution in [3.05, 3.63) is 20.3 Å².